The molecule has 5 aromatic rings. The minimum absolute atomic E-state index is 0.556. The Morgan fingerprint density at radius 1 is 0.941 bits per heavy atom. The van der Waals surface area contributed by atoms with Crippen LogP contribution in [0, 0.1) is 0 Å². The van der Waals surface area contributed by atoms with Crippen LogP contribution >= 0.6 is 23.2 Å². The molecule has 0 aliphatic heterocycles. The maximum Gasteiger partial charge on any atom is 0.137 e. The molecule has 0 amide bonds. The van der Waals surface area contributed by atoms with E-state index in [1.54, 1.807) is 6.33 Å². The van der Waals surface area contributed by atoms with Gasteiger partial charge in [0.1, 0.15) is 11.6 Å². The number of rotatable bonds is 9. The highest BCUT2D eigenvalue weighted by molar-refractivity contribution is 6.42. The molecule has 8 heteroatoms. The number of hydrogen-bond donors (Lipinski definition) is 1. The molecule has 0 unspecified atom stereocenters. The summed E-state index contributed by atoms with van der Waals surface area (Å²) in [6, 6.07) is 14.3. The smallest absolute Gasteiger partial charge is 0.137 e. The van der Waals surface area contributed by atoms with Crippen LogP contribution in [0.2, 0.25) is 10.0 Å². The number of imidazole rings is 1. The standard InChI is InChI=1S/C26H26Cl2N6/c1-33-16-19(21-6-2-3-7-24(21)33)9-11-25-31-32-26(14-18-8-10-22(27)23(28)13-18)34(25)12-4-5-20-15-29-17-30-20/h2-3,6-8,10,13,15-17H,4-5,9,11-12,14H2,1H3,(H,29,30). The van der Waals surface area contributed by atoms with Crippen molar-refractivity contribution in [1.29, 1.82) is 0 Å². The highest BCUT2D eigenvalue weighted by Gasteiger charge is 2.15. The number of H-pyrrole nitrogens is 1. The molecule has 0 fully saturated rings. The van der Waals surface area contributed by atoms with E-state index in [1.807, 2.05) is 24.4 Å². The largest absolute Gasteiger partial charge is 0.351 e. The van der Waals surface area contributed by atoms with Crippen molar-refractivity contribution < 1.29 is 0 Å². The number of nitrogens with one attached hydrogen (secondary N) is 1. The first-order chi connectivity index (χ1) is 16.6. The lowest BCUT2D eigenvalue weighted by Gasteiger charge is -2.11. The first-order valence-electron chi connectivity index (χ1n) is 11.4. The lowest BCUT2D eigenvalue weighted by atomic mass is 10.1. The molecule has 5 rings (SSSR count). The monoisotopic (exact) mass is 492 g/mol. The summed E-state index contributed by atoms with van der Waals surface area (Å²) >= 11 is 12.4. The molecule has 1 N–H and O–H groups in total. The SMILES string of the molecule is Cn1cc(CCc2nnc(Cc3ccc(Cl)c(Cl)c3)n2CCCc2c[nH]cn2)c2ccccc21. The van der Waals surface area contributed by atoms with Crippen LogP contribution in [0.5, 0.6) is 0 Å². The molecule has 3 aromatic heterocycles. The summed E-state index contributed by atoms with van der Waals surface area (Å²) in [5.41, 5.74) is 4.71. The van der Waals surface area contributed by atoms with Gasteiger partial charge in [-0.25, -0.2) is 4.98 Å². The lowest BCUT2D eigenvalue weighted by Crippen LogP contribution is -2.10. The van der Waals surface area contributed by atoms with Gasteiger partial charge in [0.05, 0.1) is 22.1 Å². The number of aromatic amines is 1. The minimum atomic E-state index is 0.556. The van der Waals surface area contributed by atoms with Crippen molar-refractivity contribution in [2.75, 3.05) is 0 Å². The second-order valence-corrected chi connectivity index (χ2v) is 9.37. The number of halogens is 2. The molecule has 0 saturated carbocycles. The van der Waals surface area contributed by atoms with Gasteiger partial charge in [-0.1, -0.05) is 47.5 Å². The minimum Gasteiger partial charge on any atom is -0.351 e. The number of hydrogen-bond acceptors (Lipinski definition) is 3. The summed E-state index contributed by atoms with van der Waals surface area (Å²) in [5.74, 6) is 1.94. The fourth-order valence-corrected chi connectivity index (χ4v) is 4.82. The summed E-state index contributed by atoms with van der Waals surface area (Å²) in [6.07, 6.45) is 10.1. The maximum absolute atomic E-state index is 6.25. The molecule has 0 aliphatic rings. The molecule has 0 radical (unpaired) electrons. The van der Waals surface area contributed by atoms with Gasteiger partial charge in [0.15, 0.2) is 0 Å². The van der Waals surface area contributed by atoms with Crippen molar-refractivity contribution in [2.45, 2.75) is 38.6 Å². The topological polar surface area (TPSA) is 64.3 Å². The first-order valence-corrected chi connectivity index (χ1v) is 12.2. The van der Waals surface area contributed by atoms with Crippen LogP contribution in [0.3, 0.4) is 0 Å². The van der Waals surface area contributed by atoms with Crippen molar-refractivity contribution in [3.8, 4) is 0 Å². The van der Waals surface area contributed by atoms with Gasteiger partial charge >= 0.3 is 0 Å². The third-order valence-corrected chi connectivity index (χ3v) is 6.96. The van der Waals surface area contributed by atoms with Crippen molar-refractivity contribution in [3.05, 3.63) is 99.7 Å². The number of fused-ring (bicyclic) bond motifs is 1. The van der Waals surface area contributed by atoms with Crippen LogP contribution in [0.25, 0.3) is 10.9 Å². The van der Waals surface area contributed by atoms with Gasteiger partial charge in [-0.3, -0.25) is 0 Å². The molecule has 0 saturated heterocycles. The summed E-state index contributed by atoms with van der Waals surface area (Å²) in [6.45, 7) is 0.835. The van der Waals surface area contributed by atoms with Gasteiger partial charge in [-0.15, -0.1) is 10.2 Å². The average Bonchev–Trinajstić information content (AvgIpc) is 3.56. The number of nitrogens with zero attached hydrogens (tertiary/aromatic N) is 5. The highest BCUT2D eigenvalue weighted by Crippen LogP contribution is 2.25. The second kappa shape index (κ2) is 10.0. The zero-order valence-electron chi connectivity index (χ0n) is 19.0. The summed E-state index contributed by atoms with van der Waals surface area (Å²) in [7, 11) is 2.10. The van der Waals surface area contributed by atoms with Crippen molar-refractivity contribution in [2.24, 2.45) is 7.05 Å². The van der Waals surface area contributed by atoms with Crippen LogP contribution in [-0.2, 0) is 39.3 Å². The molecule has 0 aliphatic carbocycles. The van der Waals surface area contributed by atoms with Crippen LogP contribution in [0.4, 0.5) is 0 Å². The van der Waals surface area contributed by atoms with E-state index in [9.17, 15) is 0 Å². The highest BCUT2D eigenvalue weighted by atomic mass is 35.5. The van der Waals surface area contributed by atoms with E-state index in [0.29, 0.717) is 16.5 Å². The number of para-hydroxylation sites is 1. The first kappa shape index (κ1) is 22.7. The molecule has 2 aromatic carbocycles. The van der Waals surface area contributed by atoms with Crippen LogP contribution < -0.4 is 0 Å². The Bertz CT molecular complexity index is 1400. The summed E-state index contributed by atoms with van der Waals surface area (Å²) in [4.78, 5) is 7.37. The Morgan fingerprint density at radius 3 is 2.62 bits per heavy atom. The Hall–Kier alpha value is -3.09. The van der Waals surface area contributed by atoms with Crippen LogP contribution in [0.1, 0.15) is 34.9 Å². The lowest BCUT2D eigenvalue weighted by molar-refractivity contribution is 0.585. The molecular formula is C26H26Cl2N6. The molecule has 0 atom stereocenters. The Balaban J connectivity index is 1.37. The quantitative estimate of drug-likeness (QED) is 0.282. The zero-order valence-corrected chi connectivity index (χ0v) is 20.5. The maximum atomic E-state index is 6.25. The van der Waals surface area contributed by atoms with E-state index < -0.39 is 0 Å². The molecule has 0 spiro atoms. The Morgan fingerprint density at radius 2 is 1.79 bits per heavy atom. The van der Waals surface area contributed by atoms with Gasteiger partial charge in [0.2, 0.25) is 0 Å². The van der Waals surface area contributed by atoms with E-state index >= 15 is 0 Å². The van der Waals surface area contributed by atoms with E-state index in [0.717, 1.165) is 55.1 Å². The van der Waals surface area contributed by atoms with E-state index in [1.165, 1.54) is 16.5 Å². The third kappa shape index (κ3) is 4.88. The number of aryl methyl sites for hydroxylation is 4. The number of benzene rings is 2. The molecule has 174 valence electrons. The molecule has 0 bridgehead atoms. The molecule has 6 nitrogen and oxygen atoms in total. The van der Waals surface area contributed by atoms with Crippen molar-refractivity contribution in [1.82, 2.24) is 29.3 Å². The van der Waals surface area contributed by atoms with Gasteiger partial charge in [-0.2, -0.15) is 0 Å². The predicted molar refractivity (Wildman–Crippen MR) is 137 cm³/mol. The normalized spacial score (nSPS) is 11.5. The van der Waals surface area contributed by atoms with Crippen LogP contribution in [-0.4, -0.2) is 29.3 Å². The Kier molecular flexibility index (Phi) is 6.70. The van der Waals surface area contributed by atoms with Gasteiger partial charge < -0.3 is 14.1 Å². The summed E-state index contributed by atoms with van der Waals surface area (Å²) in [5, 5.41) is 11.6. The van der Waals surface area contributed by atoms with Gasteiger partial charge in [0, 0.05) is 49.7 Å². The second-order valence-electron chi connectivity index (χ2n) is 8.56. The third-order valence-electron chi connectivity index (χ3n) is 6.22. The zero-order chi connectivity index (χ0) is 23.5. The summed E-state index contributed by atoms with van der Waals surface area (Å²) < 4.78 is 4.45. The predicted octanol–water partition coefficient (Wildman–Crippen LogP) is 5.81. The molecule has 34 heavy (non-hydrogen) atoms. The molecule has 3 heterocycles. The number of aromatic nitrogens is 6. The van der Waals surface area contributed by atoms with Crippen molar-refractivity contribution >= 4 is 34.1 Å². The van der Waals surface area contributed by atoms with Crippen molar-refractivity contribution in [3.63, 3.8) is 0 Å². The fraction of sp³-hybridized carbons (Fsp3) is 0.269. The fourth-order valence-electron chi connectivity index (χ4n) is 4.50. The van der Waals surface area contributed by atoms with E-state index in [-0.39, 0.29) is 0 Å². The van der Waals surface area contributed by atoms with Gasteiger partial charge in [0.25, 0.3) is 0 Å². The average molecular weight is 493 g/mol. The van der Waals surface area contributed by atoms with E-state index in [2.05, 4.69) is 66.8 Å². The molecular weight excluding hydrogens is 467 g/mol. The Labute approximate surface area is 208 Å². The van der Waals surface area contributed by atoms with E-state index in [4.69, 9.17) is 23.2 Å². The van der Waals surface area contributed by atoms with Crippen LogP contribution in [0.15, 0.2) is 61.2 Å². The van der Waals surface area contributed by atoms with Gasteiger partial charge in [-0.05, 0) is 48.6 Å².